The molecular formula is C22H42N8O7. The molecule has 0 saturated carbocycles. The minimum Gasteiger partial charge on any atom is -0.481 e. The number of aliphatic carboxylic acids is 2. The van der Waals surface area contributed by atoms with Gasteiger partial charge in [-0.1, -0.05) is 20.3 Å². The molecule has 0 spiro atoms. The fourth-order valence-electron chi connectivity index (χ4n) is 3.23. The lowest BCUT2D eigenvalue weighted by molar-refractivity contribution is -0.147. The molecule has 5 unspecified atom stereocenters. The molecule has 0 heterocycles. The molecule has 0 bridgehead atoms. The Morgan fingerprint density at radius 2 is 1.35 bits per heavy atom. The Balaban J connectivity index is 5.70. The van der Waals surface area contributed by atoms with E-state index in [-0.39, 0.29) is 37.7 Å². The number of unbranched alkanes of at least 4 members (excludes halogenated alkanes) is 1. The summed E-state index contributed by atoms with van der Waals surface area (Å²) in [5.74, 6) is -5.40. The van der Waals surface area contributed by atoms with Crippen molar-refractivity contribution in [2.45, 2.75) is 83.0 Å². The molecule has 0 fully saturated rings. The summed E-state index contributed by atoms with van der Waals surface area (Å²) in [6.07, 6.45) is 1.35. The molecule has 0 aromatic heterocycles. The van der Waals surface area contributed by atoms with Crippen LogP contribution in [0.4, 0.5) is 0 Å². The van der Waals surface area contributed by atoms with Crippen molar-refractivity contribution < 1.29 is 34.2 Å². The molecule has 212 valence electrons. The summed E-state index contributed by atoms with van der Waals surface area (Å²) < 4.78 is 0. The van der Waals surface area contributed by atoms with Crippen LogP contribution >= 0.6 is 0 Å². The van der Waals surface area contributed by atoms with Gasteiger partial charge in [0, 0.05) is 6.54 Å². The minimum atomic E-state index is -1.71. The Labute approximate surface area is 216 Å². The van der Waals surface area contributed by atoms with E-state index in [1.54, 1.807) is 6.92 Å². The zero-order chi connectivity index (χ0) is 28.5. The molecule has 0 radical (unpaired) electrons. The van der Waals surface area contributed by atoms with E-state index in [2.05, 4.69) is 20.9 Å². The average molecular weight is 531 g/mol. The summed E-state index contributed by atoms with van der Waals surface area (Å²) >= 11 is 0. The smallest absolute Gasteiger partial charge is 0.326 e. The largest absolute Gasteiger partial charge is 0.481 e. The molecule has 15 nitrogen and oxygen atoms in total. The first-order chi connectivity index (χ1) is 17.3. The zero-order valence-corrected chi connectivity index (χ0v) is 21.4. The molecule has 0 aliphatic heterocycles. The number of carboxylic acid groups (broad SMARTS) is 2. The first kappa shape index (κ1) is 33.5. The highest BCUT2D eigenvalue weighted by Crippen LogP contribution is 2.09. The van der Waals surface area contributed by atoms with Gasteiger partial charge in [0.25, 0.3) is 0 Å². The molecule has 0 aromatic carbocycles. The van der Waals surface area contributed by atoms with Gasteiger partial charge in [-0.25, -0.2) is 4.79 Å². The van der Waals surface area contributed by atoms with Gasteiger partial charge in [0.05, 0.1) is 12.5 Å². The van der Waals surface area contributed by atoms with Crippen molar-refractivity contribution in [2.75, 3.05) is 13.1 Å². The SMILES string of the molecule is CCC(C)C(N)C(=O)NC(CCCCN)C(=O)NC(CCCN=C(N)N)C(=O)NC(CC(=O)O)C(=O)O. The molecule has 0 rings (SSSR count). The van der Waals surface area contributed by atoms with Crippen LogP contribution in [0.2, 0.25) is 0 Å². The number of carbonyl (C=O) groups excluding carboxylic acids is 3. The zero-order valence-electron chi connectivity index (χ0n) is 21.4. The minimum absolute atomic E-state index is 0.00358. The Hall–Kier alpha value is -3.46. The molecule has 0 aromatic rings. The molecule has 0 saturated heterocycles. The number of nitrogens with two attached hydrogens (primary N) is 4. The van der Waals surface area contributed by atoms with E-state index in [0.29, 0.717) is 25.8 Å². The maximum atomic E-state index is 13.1. The Bertz CT molecular complexity index is 804. The number of amides is 3. The van der Waals surface area contributed by atoms with Crippen LogP contribution in [0.25, 0.3) is 0 Å². The fraction of sp³-hybridized carbons (Fsp3) is 0.727. The van der Waals surface area contributed by atoms with Crippen LogP contribution < -0.4 is 38.9 Å². The summed E-state index contributed by atoms with van der Waals surface area (Å²) in [5.41, 5.74) is 22.1. The second-order valence-electron chi connectivity index (χ2n) is 8.76. The van der Waals surface area contributed by atoms with Crippen LogP contribution in [0.1, 0.15) is 58.8 Å². The van der Waals surface area contributed by atoms with Crippen molar-refractivity contribution in [1.82, 2.24) is 16.0 Å². The number of carboxylic acids is 2. The van der Waals surface area contributed by atoms with E-state index in [0.717, 1.165) is 0 Å². The molecule has 37 heavy (non-hydrogen) atoms. The summed E-state index contributed by atoms with van der Waals surface area (Å²) in [6.45, 7) is 4.19. The number of nitrogens with zero attached hydrogens (tertiary/aromatic N) is 1. The fourth-order valence-corrected chi connectivity index (χ4v) is 3.23. The molecule has 5 atom stereocenters. The van der Waals surface area contributed by atoms with Crippen molar-refractivity contribution in [2.24, 2.45) is 33.8 Å². The van der Waals surface area contributed by atoms with Crippen molar-refractivity contribution >= 4 is 35.6 Å². The van der Waals surface area contributed by atoms with Crippen molar-refractivity contribution in [3.05, 3.63) is 0 Å². The first-order valence-corrected chi connectivity index (χ1v) is 12.2. The average Bonchev–Trinajstić information content (AvgIpc) is 2.82. The van der Waals surface area contributed by atoms with Crippen LogP contribution in [0.5, 0.6) is 0 Å². The lowest BCUT2D eigenvalue weighted by atomic mass is 9.98. The van der Waals surface area contributed by atoms with Crippen LogP contribution in [0.3, 0.4) is 0 Å². The maximum Gasteiger partial charge on any atom is 0.326 e. The standard InChI is InChI=1S/C22H42N8O7/c1-3-12(2)17(24)20(35)29-13(7-4-5-9-23)18(33)28-14(8-6-10-27-22(25)26)19(34)30-15(21(36)37)11-16(31)32/h12-15,17H,3-11,23-24H2,1-2H3,(H,28,33)(H,29,35)(H,30,34)(H,31,32)(H,36,37)(H4,25,26,27). The number of hydrogen-bond donors (Lipinski definition) is 9. The van der Waals surface area contributed by atoms with E-state index in [9.17, 15) is 29.1 Å². The summed E-state index contributed by atoms with van der Waals surface area (Å²) in [7, 11) is 0. The van der Waals surface area contributed by atoms with Crippen LogP contribution in [0.15, 0.2) is 4.99 Å². The molecular weight excluding hydrogens is 488 g/mol. The highest BCUT2D eigenvalue weighted by Gasteiger charge is 2.31. The van der Waals surface area contributed by atoms with Gasteiger partial charge in [0.2, 0.25) is 17.7 Å². The number of carbonyl (C=O) groups is 5. The van der Waals surface area contributed by atoms with E-state index >= 15 is 0 Å². The Kier molecular flexibility index (Phi) is 16.2. The van der Waals surface area contributed by atoms with E-state index in [1.165, 1.54) is 0 Å². The van der Waals surface area contributed by atoms with Crippen LogP contribution in [-0.4, -0.2) is 83.1 Å². The molecule has 0 aliphatic carbocycles. The van der Waals surface area contributed by atoms with Crippen LogP contribution in [-0.2, 0) is 24.0 Å². The van der Waals surface area contributed by atoms with Gasteiger partial charge in [0.1, 0.15) is 18.1 Å². The third-order valence-corrected chi connectivity index (χ3v) is 5.71. The predicted octanol–water partition coefficient (Wildman–Crippen LogP) is -2.44. The van der Waals surface area contributed by atoms with Crippen molar-refractivity contribution in [1.29, 1.82) is 0 Å². The third-order valence-electron chi connectivity index (χ3n) is 5.71. The monoisotopic (exact) mass is 530 g/mol. The van der Waals surface area contributed by atoms with E-state index < -0.39 is 60.2 Å². The second kappa shape index (κ2) is 17.9. The van der Waals surface area contributed by atoms with Crippen molar-refractivity contribution in [3.63, 3.8) is 0 Å². The van der Waals surface area contributed by atoms with Gasteiger partial charge >= 0.3 is 11.9 Å². The van der Waals surface area contributed by atoms with Gasteiger partial charge in [-0.3, -0.25) is 24.2 Å². The van der Waals surface area contributed by atoms with Crippen LogP contribution in [0, 0.1) is 5.92 Å². The maximum absolute atomic E-state index is 13.1. The highest BCUT2D eigenvalue weighted by atomic mass is 16.4. The number of nitrogens with one attached hydrogen (secondary N) is 3. The predicted molar refractivity (Wildman–Crippen MR) is 136 cm³/mol. The van der Waals surface area contributed by atoms with Gasteiger partial charge in [0.15, 0.2) is 5.96 Å². The number of rotatable bonds is 19. The van der Waals surface area contributed by atoms with E-state index in [1.807, 2.05) is 6.92 Å². The van der Waals surface area contributed by atoms with Crippen molar-refractivity contribution in [3.8, 4) is 0 Å². The van der Waals surface area contributed by atoms with Gasteiger partial charge in [-0.2, -0.15) is 0 Å². The highest BCUT2D eigenvalue weighted by molar-refractivity contribution is 5.94. The number of guanidine groups is 1. The van der Waals surface area contributed by atoms with E-state index in [4.69, 9.17) is 28.0 Å². The second-order valence-corrected chi connectivity index (χ2v) is 8.76. The lowest BCUT2D eigenvalue weighted by Crippen LogP contribution is -2.57. The topological polar surface area (TPSA) is 278 Å². The number of hydrogen-bond acceptors (Lipinski definition) is 8. The molecule has 15 heteroatoms. The first-order valence-electron chi connectivity index (χ1n) is 12.2. The summed E-state index contributed by atoms with van der Waals surface area (Å²) in [4.78, 5) is 64.8. The molecule has 3 amide bonds. The summed E-state index contributed by atoms with van der Waals surface area (Å²) in [5, 5.41) is 25.5. The molecule has 0 aliphatic rings. The summed E-state index contributed by atoms with van der Waals surface area (Å²) in [6, 6.07) is -4.84. The molecule has 13 N–H and O–H groups in total. The van der Waals surface area contributed by atoms with Gasteiger partial charge in [-0.05, 0) is 44.6 Å². The van der Waals surface area contributed by atoms with Gasteiger partial charge < -0.3 is 49.1 Å². The third kappa shape index (κ3) is 14.0. The Morgan fingerprint density at radius 1 is 0.838 bits per heavy atom. The lowest BCUT2D eigenvalue weighted by Gasteiger charge is -2.26. The Morgan fingerprint density at radius 3 is 1.81 bits per heavy atom. The number of aliphatic imine (C=N–C) groups is 1. The normalized spacial score (nSPS) is 14.8. The van der Waals surface area contributed by atoms with Gasteiger partial charge in [-0.15, -0.1) is 0 Å². The quantitative estimate of drug-likeness (QED) is 0.0480.